The van der Waals surface area contributed by atoms with Crippen molar-refractivity contribution < 1.29 is 14.8 Å². The number of pyridine rings is 1. The molecule has 1 atom stereocenters. The number of hydrogen-bond acceptors (Lipinski definition) is 5. The summed E-state index contributed by atoms with van der Waals surface area (Å²) >= 11 is 3.22. The standard InChI is InChI=1S/C11H12BrN3O4/c1-5-7(15(18)19)4-13-10(8(5)12)14-9(11(16)17)6-2-3-6/h4,6,9H,2-3H2,1H3,(H,13,14)(H,16,17). The molecule has 0 saturated heterocycles. The predicted molar refractivity (Wildman–Crippen MR) is 71.1 cm³/mol. The van der Waals surface area contributed by atoms with E-state index in [0.717, 1.165) is 19.0 Å². The number of rotatable bonds is 5. The van der Waals surface area contributed by atoms with Crippen molar-refractivity contribution in [3.63, 3.8) is 0 Å². The second-order valence-electron chi connectivity index (χ2n) is 4.49. The second-order valence-corrected chi connectivity index (χ2v) is 5.28. The molecule has 2 N–H and O–H groups in total. The number of carbonyl (C=O) groups is 1. The SMILES string of the molecule is Cc1c([N+](=O)[O-])cnc(NC(C(=O)O)C2CC2)c1Br. The van der Waals surface area contributed by atoms with Gasteiger partial charge in [0.1, 0.15) is 18.1 Å². The largest absolute Gasteiger partial charge is 0.480 e. The van der Waals surface area contributed by atoms with Gasteiger partial charge in [-0.1, -0.05) is 0 Å². The average molecular weight is 330 g/mol. The quantitative estimate of drug-likeness (QED) is 0.634. The first-order chi connectivity index (χ1) is 8.91. The number of aliphatic carboxylic acids is 1. The summed E-state index contributed by atoms with van der Waals surface area (Å²) in [5, 5.41) is 22.7. The van der Waals surface area contributed by atoms with Crippen LogP contribution in [0.4, 0.5) is 11.5 Å². The van der Waals surface area contributed by atoms with Gasteiger partial charge in [0.05, 0.1) is 9.40 Å². The average Bonchev–Trinajstić information content (AvgIpc) is 3.14. The van der Waals surface area contributed by atoms with Gasteiger partial charge < -0.3 is 10.4 Å². The summed E-state index contributed by atoms with van der Waals surface area (Å²) in [6, 6.07) is -0.704. The smallest absolute Gasteiger partial charge is 0.326 e. The van der Waals surface area contributed by atoms with Crippen molar-refractivity contribution in [3.8, 4) is 0 Å². The highest BCUT2D eigenvalue weighted by Crippen LogP contribution is 2.36. The van der Waals surface area contributed by atoms with Gasteiger partial charge >= 0.3 is 5.97 Å². The molecule has 102 valence electrons. The van der Waals surface area contributed by atoms with Crippen molar-refractivity contribution in [2.45, 2.75) is 25.8 Å². The number of hydrogen-bond donors (Lipinski definition) is 2. The third kappa shape index (κ3) is 2.83. The first-order valence-electron chi connectivity index (χ1n) is 5.70. The minimum Gasteiger partial charge on any atom is -0.480 e. The number of anilines is 1. The molecule has 1 fully saturated rings. The van der Waals surface area contributed by atoms with Crippen molar-refractivity contribution in [3.05, 3.63) is 26.3 Å². The molecule has 2 rings (SSSR count). The van der Waals surface area contributed by atoms with Gasteiger partial charge in [-0.25, -0.2) is 9.78 Å². The summed E-state index contributed by atoms with van der Waals surface area (Å²) in [4.78, 5) is 25.3. The van der Waals surface area contributed by atoms with Gasteiger partial charge in [0.2, 0.25) is 0 Å². The molecule has 1 aliphatic carbocycles. The van der Waals surface area contributed by atoms with Crippen LogP contribution in [0.2, 0.25) is 0 Å². The van der Waals surface area contributed by atoms with Crippen molar-refractivity contribution in [1.82, 2.24) is 4.98 Å². The Kier molecular flexibility index (Phi) is 3.70. The van der Waals surface area contributed by atoms with Crippen LogP contribution in [0.25, 0.3) is 0 Å². The number of halogens is 1. The van der Waals surface area contributed by atoms with Gasteiger partial charge in [-0.3, -0.25) is 10.1 Å². The zero-order valence-corrected chi connectivity index (χ0v) is 11.7. The summed E-state index contributed by atoms with van der Waals surface area (Å²) in [6.07, 6.45) is 2.87. The summed E-state index contributed by atoms with van der Waals surface area (Å²) in [5.74, 6) is -0.517. The summed E-state index contributed by atoms with van der Waals surface area (Å²) < 4.78 is 0.425. The molecule has 0 radical (unpaired) electrons. The molecule has 0 spiro atoms. The van der Waals surface area contributed by atoms with Crippen LogP contribution in [0.3, 0.4) is 0 Å². The third-order valence-electron chi connectivity index (χ3n) is 3.09. The first kappa shape index (κ1) is 13.7. The third-order valence-corrected chi connectivity index (χ3v) is 4.06. The lowest BCUT2D eigenvalue weighted by molar-refractivity contribution is -0.385. The van der Waals surface area contributed by atoms with E-state index in [1.807, 2.05) is 0 Å². The fraction of sp³-hybridized carbons (Fsp3) is 0.455. The predicted octanol–water partition coefficient (Wildman–Crippen LogP) is 2.34. The Labute approximate surface area is 117 Å². The van der Waals surface area contributed by atoms with Crippen LogP contribution >= 0.6 is 15.9 Å². The molecule has 1 heterocycles. The number of nitrogens with one attached hydrogen (secondary N) is 1. The van der Waals surface area contributed by atoms with Crippen molar-refractivity contribution in [2.75, 3.05) is 5.32 Å². The highest BCUT2D eigenvalue weighted by Gasteiger charge is 2.37. The van der Waals surface area contributed by atoms with Gasteiger partial charge in [0.25, 0.3) is 5.69 Å². The maximum atomic E-state index is 11.1. The van der Waals surface area contributed by atoms with Crippen LogP contribution in [0, 0.1) is 23.0 Å². The van der Waals surface area contributed by atoms with Gasteiger partial charge in [-0.2, -0.15) is 0 Å². The fourth-order valence-corrected chi connectivity index (χ4v) is 2.23. The van der Waals surface area contributed by atoms with E-state index in [4.69, 9.17) is 5.11 Å². The van der Waals surface area contributed by atoms with Crippen LogP contribution in [-0.2, 0) is 4.79 Å². The molecule has 0 aliphatic heterocycles. The van der Waals surface area contributed by atoms with Crippen LogP contribution < -0.4 is 5.32 Å². The molecule has 1 aromatic heterocycles. The molecule has 19 heavy (non-hydrogen) atoms. The van der Waals surface area contributed by atoms with E-state index in [9.17, 15) is 14.9 Å². The van der Waals surface area contributed by atoms with E-state index in [-0.39, 0.29) is 11.6 Å². The van der Waals surface area contributed by atoms with Gasteiger partial charge in [-0.05, 0) is 41.6 Å². The van der Waals surface area contributed by atoms with E-state index in [1.165, 1.54) is 0 Å². The Morgan fingerprint density at radius 1 is 1.68 bits per heavy atom. The molecule has 7 nitrogen and oxygen atoms in total. The van der Waals surface area contributed by atoms with Gasteiger partial charge in [0.15, 0.2) is 0 Å². The molecule has 0 bridgehead atoms. The molecule has 1 unspecified atom stereocenters. The van der Waals surface area contributed by atoms with Crippen molar-refractivity contribution in [2.24, 2.45) is 5.92 Å². The topological polar surface area (TPSA) is 105 Å². The van der Waals surface area contributed by atoms with Crippen LogP contribution in [0.15, 0.2) is 10.7 Å². The zero-order chi connectivity index (χ0) is 14.2. The molecule has 0 amide bonds. The lowest BCUT2D eigenvalue weighted by atomic mass is 10.2. The highest BCUT2D eigenvalue weighted by atomic mass is 79.9. The number of carboxylic acid groups (broad SMARTS) is 1. The summed E-state index contributed by atoms with van der Waals surface area (Å²) in [7, 11) is 0. The first-order valence-corrected chi connectivity index (χ1v) is 6.50. The maximum absolute atomic E-state index is 11.1. The molecule has 8 heteroatoms. The Morgan fingerprint density at radius 3 is 2.79 bits per heavy atom. The minimum absolute atomic E-state index is 0.0988. The van der Waals surface area contributed by atoms with Crippen molar-refractivity contribution >= 4 is 33.4 Å². The number of aromatic nitrogens is 1. The van der Waals surface area contributed by atoms with E-state index < -0.39 is 16.9 Å². The molecule has 1 aromatic rings. The second kappa shape index (κ2) is 5.12. The number of nitrogens with zero attached hydrogens (tertiary/aromatic N) is 2. The van der Waals surface area contributed by atoms with E-state index >= 15 is 0 Å². The monoisotopic (exact) mass is 329 g/mol. The highest BCUT2D eigenvalue weighted by molar-refractivity contribution is 9.10. The van der Waals surface area contributed by atoms with Gasteiger partial charge in [-0.15, -0.1) is 0 Å². The number of carboxylic acids is 1. The lowest BCUT2D eigenvalue weighted by Gasteiger charge is -2.16. The lowest BCUT2D eigenvalue weighted by Crippen LogP contribution is -2.31. The minimum atomic E-state index is -0.938. The van der Waals surface area contributed by atoms with E-state index in [1.54, 1.807) is 6.92 Å². The van der Waals surface area contributed by atoms with Crippen LogP contribution in [0.5, 0.6) is 0 Å². The van der Waals surface area contributed by atoms with E-state index in [0.29, 0.717) is 15.9 Å². The Hall–Kier alpha value is -1.70. The zero-order valence-electron chi connectivity index (χ0n) is 10.1. The number of nitro groups is 1. The fourth-order valence-electron chi connectivity index (χ4n) is 1.81. The normalized spacial score (nSPS) is 15.9. The Bertz CT molecular complexity index is 545. The molecular weight excluding hydrogens is 318 g/mol. The van der Waals surface area contributed by atoms with Crippen LogP contribution in [-0.4, -0.2) is 27.0 Å². The van der Waals surface area contributed by atoms with Crippen molar-refractivity contribution in [1.29, 1.82) is 0 Å². The molecule has 1 aliphatic rings. The maximum Gasteiger partial charge on any atom is 0.326 e. The summed E-state index contributed by atoms with van der Waals surface area (Å²) in [6.45, 7) is 1.59. The van der Waals surface area contributed by atoms with E-state index in [2.05, 4.69) is 26.2 Å². The molecular formula is C11H12BrN3O4. The Balaban J connectivity index is 2.28. The molecule has 1 saturated carbocycles. The van der Waals surface area contributed by atoms with Gasteiger partial charge in [0, 0.05) is 5.56 Å². The molecule has 0 aromatic carbocycles. The Morgan fingerprint density at radius 2 is 2.32 bits per heavy atom. The van der Waals surface area contributed by atoms with Crippen LogP contribution in [0.1, 0.15) is 18.4 Å². The summed E-state index contributed by atoms with van der Waals surface area (Å²) in [5.41, 5.74) is 0.318.